The fraction of sp³-hybridized carbons (Fsp3) is 0.400. The third-order valence-corrected chi connectivity index (χ3v) is 8.12. The molecule has 3 amide bonds. The summed E-state index contributed by atoms with van der Waals surface area (Å²) in [6.07, 6.45) is 4.49. The predicted octanol–water partition coefficient (Wildman–Crippen LogP) is -1.15. The van der Waals surface area contributed by atoms with Crippen molar-refractivity contribution in [3.63, 3.8) is 0 Å². The number of likely N-dealkylation sites (tertiary alicyclic amines) is 1. The van der Waals surface area contributed by atoms with Gasteiger partial charge in [0.05, 0.1) is 6.33 Å². The first-order valence-electron chi connectivity index (χ1n) is 12.7. The van der Waals surface area contributed by atoms with E-state index in [9.17, 15) is 27.6 Å². The van der Waals surface area contributed by atoms with E-state index in [4.69, 9.17) is 15.6 Å². The van der Waals surface area contributed by atoms with Crippen molar-refractivity contribution in [2.24, 2.45) is 12.8 Å². The van der Waals surface area contributed by atoms with Crippen LogP contribution in [0.15, 0.2) is 48.0 Å². The summed E-state index contributed by atoms with van der Waals surface area (Å²) >= 11 is 0. The van der Waals surface area contributed by atoms with E-state index in [2.05, 4.69) is 20.0 Å². The molecule has 1 aliphatic rings. The zero-order valence-electron chi connectivity index (χ0n) is 22.1. The average Bonchev–Trinajstić information content (AvgIpc) is 3.54. The lowest BCUT2D eigenvalue weighted by molar-refractivity contribution is -0.150. The number of aliphatic carboxylic acids is 1. The maximum Gasteiger partial charge on any atom is 0.329 e. The molecule has 41 heavy (non-hydrogen) atoms. The number of ether oxygens (including phenoxy) is 1. The van der Waals surface area contributed by atoms with Crippen molar-refractivity contribution >= 4 is 44.6 Å². The molecule has 3 unspecified atom stereocenters. The number of carbonyl (C=O) groups is 4. The number of rotatable bonds is 12. The normalized spacial score (nSPS) is 18.2. The number of H-pyrrole nitrogens is 1. The molecule has 0 aliphatic carbocycles. The molecule has 3 heterocycles. The Morgan fingerprint density at radius 1 is 1.24 bits per heavy atom. The topological polar surface area (TPSA) is 219 Å². The summed E-state index contributed by atoms with van der Waals surface area (Å²) in [7, 11) is -2.41. The van der Waals surface area contributed by atoms with E-state index < -0.39 is 65.1 Å². The number of carboxylic acid groups (broad SMARTS) is 1. The maximum atomic E-state index is 13.5. The predicted molar refractivity (Wildman–Crippen MR) is 144 cm³/mol. The number of hydrogen-bond donors (Lipinski definition) is 5. The first-order valence-corrected chi connectivity index (χ1v) is 14.2. The van der Waals surface area contributed by atoms with E-state index in [0.717, 1.165) is 16.5 Å². The summed E-state index contributed by atoms with van der Waals surface area (Å²) in [5, 5.41) is 12.1. The van der Waals surface area contributed by atoms with Crippen LogP contribution in [0.5, 0.6) is 0 Å². The summed E-state index contributed by atoms with van der Waals surface area (Å²) in [5.41, 5.74) is 7.20. The smallest absolute Gasteiger partial charge is 0.329 e. The van der Waals surface area contributed by atoms with Crippen molar-refractivity contribution in [2.45, 2.75) is 42.4 Å². The van der Waals surface area contributed by atoms with Gasteiger partial charge in [-0.2, -0.15) is 0 Å². The van der Waals surface area contributed by atoms with Gasteiger partial charge in [-0.1, -0.05) is 18.2 Å². The van der Waals surface area contributed by atoms with Crippen LogP contribution in [-0.2, 0) is 47.4 Å². The van der Waals surface area contributed by atoms with Crippen LogP contribution in [0.2, 0.25) is 0 Å². The van der Waals surface area contributed by atoms with Gasteiger partial charge >= 0.3 is 5.97 Å². The van der Waals surface area contributed by atoms with Gasteiger partial charge in [0, 0.05) is 49.4 Å². The summed E-state index contributed by atoms with van der Waals surface area (Å²) in [5.74, 6) is -3.45. The molecule has 1 aromatic carbocycles. The number of nitrogens with two attached hydrogens (primary N) is 1. The number of aromatic nitrogens is 3. The molecule has 0 radical (unpaired) electrons. The number of benzene rings is 1. The van der Waals surface area contributed by atoms with Crippen LogP contribution in [0.4, 0.5) is 0 Å². The molecule has 1 fully saturated rings. The van der Waals surface area contributed by atoms with Gasteiger partial charge < -0.3 is 35.3 Å². The summed E-state index contributed by atoms with van der Waals surface area (Å²) in [4.78, 5) is 57.7. The summed E-state index contributed by atoms with van der Waals surface area (Å²) in [6.45, 7) is -1.35. The monoisotopic (exact) mass is 589 g/mol. The molecule has 6 N–H and O–H groups in total. The zero-order valence-corrected chi connectivity index (χ0v) is 23.0. The van der Waals surface area contributed by atoms with E-state index in [1.165, 1.54) is 22.0 Å². The van der Waals surface area contributed by atoms with Gasteiger partial charge in [-0.3, -0.25) is 14.4 Å². The largest absolute Gasteiger partial charge is 0.480 e. The second-order valence-corrected chi connectivity index (χ2v) is 11.4. The van der Waals surface area contributed by atoms with Gasteiger partial charge in [0.2, 0.25) is 17.7 Å². The number of hydrogen-bond acceptors (Lipinski definition) is 8. The number of para-hydroxylation sites is 1. The zero-order chi connectivity index (χ0) is 29.7. The number of sulfonamides is 1. The Morgan fingerprint density at radius 2 is 2.00 bits per heavy atom. The molecule has 1 aliphatic heterocycles. The first-order chi connectivity index (χ1) is 19.4. The number of nitrogens with zero attached hydrogens (tertiary/aromatic N) is 3. The van der Waals surface area contributed by atoms with E-state index in [1.807, 2.05) is 24.3 Å². The van der Waals surface area contributed by atoms with Gasteiger partial charge in [-0.25, -0.2) is 22.9 Å². The second-order valence-electron chi connectivity index (χ2n) is 9.74. The minimum absolute atomic E-state index is 0.0353. The van der Waals surface area contributed by atoms with Gasteiger partial charge in [0.25, 0.3) is 10.0 Å². The number of amides is 3. The average molecular weight is 590 g/mol. The Labute approximate surface area is 235 Å². The fourth-order valence-corrected chi connectivity index (χ4v) is 6.01. The van der Waals surface area contributed by atoms with Gasteiger partial charge in [0.1, 0.15) is 25.3 Å². The van der Waals surface area contributed by atoms with Crippen LogP contribution in [0.25, 0.3) is 10.9 Å². The molecule has 3 aromatic rings. The van der Waals surface area contributed by atoms with Crippen molar-refractivity contribution in [3.05, 3.63) is 48.5 Å². The molecule has 220 valence electrons. The Hall–Kier alpha value is -4.28. The van der Waals surface area contributed by atoms with E-state index in [0.29, 0.717) is 0 Å². The molecule has 16 heteroatoms. The van der Waals surface area contributed by atoms with E-state index in [-0.39, 0.29) is 30.8 Å². The van der Waals surface area contributed by atoms with Crippen LogP contribution < -0.4 is 15.8 Å². The number of carbonyl (C=O) groups excluding carboxylic acids is 3. The molecule has 15 nitrogen and oxygen atoms in total. The number of imidazole rings is 1. The Morgan fingerprint density at radius 3 is 2.68 bits per heavy atom. The number of carboxylic acids is 1. The molecule has 1 saturated heterocycles. The van der Waals surface area contributed by atoms with Crippen molar-refractivity contribution in [1.82, 2.24) is 29.5 Å². The molecule has 3 atom stereocenters. The molecule has 2 aromatic heterocycles. The van der Waals surface area contributed by atoms with Crippen molar-refractivity contribution in [1.29, 1.82) is 0 Å². The lowest BCUT2D eigenvalue weighted by atomic mass is 9.96. The van der Waals surface area contributed by atoms with Gasteiger partial charge in [-0.15, -0.1) is 0 Å². The lowest BCUT2D eigenvalue weighted by Crippen LogP contribution is -2.60. The Bertz CT molecular complexity index is 1550. The fourth-order valence-electron chi connectivity index (χ4n) is 4.75. The number of piperidine rings is 1. The van der Waals surface area contributed by atoms with Crippen molar-refractivity contribution in [3.8, 4) is 0 Å². The highest BCUT2D eigenvalue weighted by molar-refractivity contribution is 7.89. The number of aryl methyl sites for hydroxylation is 1. The molecule has 0 spiro atoms. The molecular weight excluding hydrogens is 558 g/mol. The van der Waals surface area contributed by atoms with Crippen molar-refractivity contribution < 1.29 is 37.4 Å². The minimum atomic E-state index is -4.03. The molecular formula is C25H31N7O8S. The Balaban J connectivity index is 1.52. The van der Waals surface area contributed by atoms with Gasteiger partial charge in [-0.05, 0) is 24.5 Å². The lowest BCUT2D eigenvalue weighted by Gasteiger charge is -2.39. The quantitative estimate of drug-likeness (QED) is 0.172. The summed E-state index contributed by atoms with van der Waals surface area (Å²) in [6, 6.07) is 4.32. The standard InChI is InChI=1S/C25H31N7O8S/c1-31-11-21(28-14-31)41(38,39)30-16-6-7-32(22(33)12-40-13-23(34)35)20(9-16)25(37)29-19(24(26)36)8-15-10-27-18-5-3-2-4-17(15)18/h2-5,10-11,14,16,19-20,27,30H,6-9,12-13H2,1H3,(H2,26,36)(H,29,37)(H,34,35). The van der Waals surface area contributed by atoms with Crippen molar-refractivity contribution in [2.75, 3.05) is 19.8 Å². The highest BCUT2D eigenvalue weighted by atomic mass is 32.2. The van der Waals surface area contributed by atoms with E-state index >= 15 is 0 Å². The third kappa shape index (κ3) is 7.27. The van der Waals surface area contributed by atoms with Crippen LogP contribution in [-0.4, -0.2) is 94.5 Å². The number of primary amides is 1. The molecule has 4 rings (SSSR count). The number of fused-ring (bicyclic) bond motifs is 1. The molecule has 0 bridgehead atoms. The number of nitrogens with one attached hydrogen (secondary N) is 3. The highest BCUT2D eigenvalue weighted by Gasteiger charge is 2.39. The van der Waals surface area contributed by atoms with Crippen LogP contribution in [0.3, 0.4) is 0 Å². The molecule has 0 saturated carbocycles. The number of aromatic amines is 1. The maximum absolute atomic E-state index is 13.5. The second kappa shape index (κ2) is 12.5. The van der Waals surface area contributed by atoms with Gasteiger partial charge in [0.15, 0.2) is 5.03 Å². The first kappa shape index (κ1) is 29.7. The SMILES string of the molecule is Cn1cnc(S(=O)(=O)NC2CCN(C(=O)COCC(=O)O)C(C(=O)NC(Cc3c[nH]c4ccccc34)C(N)=O)C2)c1. The van der Waals surface area contributed by atoms with Crippen LogP contribution in [0.1, 0.15) is 18.4 Å². The Kier molecular flexibility index (Phi) is 9.05. The van der Waals surface area contributed by atoms with Crippen LogP contribution in [0, 0.1) is 0 Å². The minimum Gasteiger partial charge on any atom is -0.480 e. The van der Waals surface area contributed by atoms with E-state index in [1.54, 1.807) is 13.2 Å². The van der Waals surface area contributed by atoms with Crippen LogP contribution >= 0.6 is 0 Å². The highest BCUT2D eigenvalue weighted by Crippen LogP contribution is 2.22. The third-order valence-electron chi connectivity index (χ3n) is 6.71. The summed E-state index contributed by atoms with van der Waals surface area (Å²) < 4.78 is 34.6.